The first-order valence-corrected chi connectivity index (χ1v) is 6.77. The van der Waals surface area contributed by atoms with Crippen molar-refractivity contribution < 1.29 is 14.3 Å². The van der Waals surface area contributed by atoms with E-state index < -0.39 is 0 Å². The van der Waals surface area contributed by atoms with E-state index in [1.54, 1.807) is 32.4 Å². The Morgan fingerprint density at radius 2 is 1.63 bits per heavy atom. The van der Waals surface area contributed by atoms with Gasteiger partial charge in [0.25, 0.3) is 5.91 Å². The summed E-state index contributed by atoms with van der Waals surface area (Å²) in [5.74, 6) is 1.21. The van der Waals surface area contributed by atoms with Crippen molar-refractivity contribution in [1.82, 2.24) is 5.32 Å². The fourth-order valence-corrected chi connectivity index (χ4v) is 2.45. The predicted molar refractivity (Wildman–Crippen MR) is 73.9 cm³/mol. The van der Waals surface area contributed by atoms with Gasteiger partial charge in [-0.3, -0.25) is 4.79 Å². The van der Waals surface area contributed by atoms with Gasteiger partial charge in [0.1, 0.15) is 11.5 Å². The predicted octanol–water partition coefficient (Wildman–Crippen LogP) is 2.77. The standard InChI is InChI=1S/C15H21NO3/c1-18-13-8-11(9-14(10-13)19-2)15(17)16-12-6-4-3-5-7-12/h8-10,12H,3-7H2,1-2H3,(H,16,17). The average Bonchev–Trinajstić information content (AvgIpc) is 2.47. The number of carbonyl (C=O) groups excluding carboxylic acids is 1. The smallest absolute Gasteiger partial charge is 0.251 e. The fourth-order valence-electron chi connectivity index (χ4n) is 2.45. The zero-order valence-electron chi connectivity index (χ0n) is 11.6. The minimum atomic E-state index is -0.0518. The SMILES string of the molecule is COc1cc(OC)cc(C(=O)NC2CCCCC2)c1. The van der Waals surface area contributed by atoms with Crippen LogP contribution in [0.1, 0.15) is 42.5 Å². The molecule has 1 aromatic carbocycles. The van der Waals surface area contributed by atoms with E-state index in [-0.39, 0.29) is 5.91 Å². The Hall–Kier alpha value is -1.71. The van der Waals surface area contributed by atoms with Gasteiger partial charge in [0.2, 0.25) is 0 Å². The van der Waals surface area contributed by atoms with Gasteiger partial charge in [-0.1, -0.05) is 19.3 Å². The van der Waals surface area contributed by atoms with Crippen molar-refractivity contribution in [2.24, 2.45) is 0 Å². The van der Waals surface area contributed by atoms with E-state index in [0.29, 0.717) is 23.1 Å². The summed E-state index contributed by atoms with van der Waals surface area (Å²) in [6.45, 7) is 0. The summed E-state index contributed by atoms with van der Waals surface area (Å²) in [5.41, 5.74) is 0.585. The van der Waals surface area contributed by atoms with Crippen molar-refractivity contribution in [3.05, 3.63) is 23.8 Å². The largest absolute Gasteiger partial charge is 0.497 e. The van der Waals surface area contributed by atoms with E-state index in [9.17, 15) is 4.79 Å². The number of nitrogens with one attached hydrogen (secondary N) is 1. The molecule has 0 bridgehead atoms. The van der Waals surface area contributed by atoms with Gasteiger partial charge < -0.3 is 14.8 Å². The number of ether oxygens (including phenoxy) is 2. The van der Waals surface area contributed by atoms with Gasteiger partial charge in [-0.15, -0.1) is 0 Å². The average molecular weight is 263 g/mol. The molecule has 1 aliphatic rings. The molecule has 19 heavy (non-hydrogen) atoms. The first kappa shape index (κ1) is 13.7. The zero-order chi connectivity index (χ0) is 13.7. The molecule has 0 aliphatic heterocycles. The van der Waals surface area contributed by atoms with Crippen LogP contribution in [0.5, 0.6) is 11.5 Å². The molecule has 0 spiro atoms. The molecule has 0 saturated heterocycles. The number of amides is 1. The van der Waals surface area contributed by atoms with E-state index in [2.05, 4.69) is 5.32 Å². The molecule has 1 aliphatic carbocycles. The Balaban J connectivity index is 2.08. The molecule has 1 N–H and O–H groups in total. The van der Waals surface area contributed by atoms with Crippen LogP contribution in [0.2, 0.25) is 0 Å². The van der Waals surface area contributed by atoms with Crippen molar-refractivity contribution in [2.75, 3.05) is 14.2 Å². The second-order valence-corrected chi connectivity index (χ2v) is 4.91. The van der Waals surface area contributed by atoms with Crippen LogP contribution in [0.15, 0.2) is 18.2 Å². The van der Waals surface area contributed by atoms with Crippen molar-refractivity contribution in [3.8, 4) is 11.5 Å². The van der Waals surface area contributed by atoms with Crippen LogP contribution in [-0.4, -0.2) is 26.2 Å². The number of rotatable bonds is 4. The highest BCUT2D eigenvalue weighted by atomic mass is 16.5. The second kappa shape index (κ2) is 6.45. The third kappa shape index (κ3) is 3.63. The van der Waals surface area contributed by atoms with E-state index in [1.165, 1.54) is 19.3 Å². The van der Waals surface area contributed by atoms with Crippen molar-refractivity contribution in [3.63, 3.8) is 0 Å². The fraction of sp³-hybridized carbons (Fsp3) is 0.533. The minimum absolute atomic E-state index is 0.0518. The van der Waals surface area contributed by atoms with Gasteiger partial charge in [-0.25, -0.2) is 0 Å². The zero-order valence-corrected chi connectivity index (χ0v) is 11.6. The molecule has 1 fully saturated rings. The van der Waals surface area contributed by atoms with Gasteiger partial charge in [0.05, 0.1) is 14.2 Å². The number of hydrogen-bond donors (Lipinski definition) is 1. The topological polar surface area (TPSA) is 47.6 Å². The molecular formula is C15H21NO3. The maximum atomic E-state index is 12.2. The maximum absolute atomic E-state index is 12.2. The first-order chi connectivity index (χ1) is 9.22. The Bertz CT molecular complexity index is 417. The van der Waals surface area contributed by atoms with Crippen LogP contribution < -0.4 is 14.8 Å². The van der Waals surface area contributed by atoms with Gasteiger partial charge in [0.15, 0.2) is 0 Å². The van der Waals surface area contributed by atoms with Gasteiger partial charge >= 0.3 is 0 Å². The highest BCUT2D eigenvalue weighted by Crippen LogP contribution is 2.23. The summed E-state index contributed by atoms with van der Waals surface area (Å²) in [4.78, 5) is 12.2. The summed E-state index contributed by atoms with van der Waals surface area (Å²) in [6, 6.07) is 5.54. The lowest BCUT2D eigenvalue weighted by molar-refractivity contribution is 0.0927. The van der Waals surface area contributed by atoms with Crippen LogP contribution in [0.25, 0.3) is 0 Å². The molecule has 0 radical (unpaired) electrons. The van der Waals surface area contributed by atoms with Crippen molar-refractivity contribution in [1.29, 1.82) is 0 Å². The molecule has 0 atom stereocenters. The van der Waals surface area contributed by atoms with E-state index in [4.69, 9.17) is 9.47 Å². The number of methoxy groups -OCH3 is 2. The third-order valence-corrected chi connectivity index (χ3v) is 3.55. The summed E-state index contributed by atoms with van der Waals surface area (Å²) in [6.07, 6.45) is 5.83. The molecule has 0 aromatic heterocycles. The molecule has 0 unspecified atom stereocenters. The Morgan fingerprint density at radius 3 is 2.16 bits per heavy atom. The maximum Gasteiger partial charge on any atom is 0.251 e. The molecular weight excluding hydrogens is 242 g/mol. The highest BCUT2D eigenvalue weighted by Gasteiger charge is 2.17. The van der Waals surface area contributed by atoms with Gasteiger partial charge in [0, 0.05) is 17.7 Å². The van der Waals surface area contributed by atoms with Crippen LogP contribution in [0.3, 0.4) is 0 Å². The molecule has 1 amide bonds. The second-order valence-electron chi connectivity index (χ2n) is 4.91. The summed E-state index contributed by atoms with van der Waals surface area (Å²) >= 11 is 0. The summed E-state index contributed by atoms with van der Waals surface area (Å²) in [7, 11) is 3.16. The molecule has 4 nitrogen and oxygen atoms in total. The molecule has 4 heteroatoms. The van der Waals surface area contributed by atoms with Crippen molar-refractivity contribution >= 4 is 5.91 Å². The Kier molecular flexibility index (Phi) is 4.66. The van der Waals surface area contributed by atoms with E-state index >= 15 is 0 Å². The van der Waals surface area contributed by atoms with E-state index in [0.717, 1.165) is 12.8 Å². The number of carbonyl (C=O) groups is 1. The van der Waals surface area contributed by atoms with Crippen LogP contribution in [0.4, 0.5) is 0 Å². The quantitative estimate of drug-likeness (QED) is 0.908. The third-order valence-electron chi connectivity index (χ3n) is 3.55. The normalized spacial score (nSPS) is 15.9. The van der Waals surface area contributed by atoms with E-state index in [1.807, 2.05) is 0 Å². The van der Waals surface area contributed by atoms with Gasteiger partial charge in [-0.2, -0.15) is 0 Å². The van der Waals surface area contributed by atoms with Gasteiger partial charge in [-0.05, 0) is 25.0 Å². The molecule has 1 aromatic rings. The van der Waals surface area contributed by atoms with Crippen LogP contribution in [-0.2, 0) is 0 Å². The number of benzene rings is 1. The van der Waals surface area contributed by atoms with Crippen LogP contribution >= 0.6 is 0 Å². The lowest BCUT2D eigenvalue weighted by Gasteiger charge is -2.22. The monoisotopic (exact) mass is 263 g/mol. The summed E-state index contributed by atoms with van der Waals surface area (Å²) in [5, 5.41) is 3.09. The molecule has 0 heterocycles. The van der Waals surface area contributed by atoms with Crippen molar-refractivity contribution in [2.45, 2.75) is 38.1 Å². The lowest BCUT2D eigenvalue weighted by Crippen LogP contribution is -2.36. The summed E-state index contributed by atoms with van der Waals surface area (Å²) < 4.78 is 10.4. The first-order valence-electron chi connectivity index (χ1n) is 6.77. The molecule has 2 rings (SSSR count). The minimum Gasteiger partial charge on any atom is -0.497 e. The van der Waals surface area contributed by atoms with Crippen LogP contribution in [0, 0.1) is 0 Å². The number of hydrogen-bond acceptors (Lipinski definition) is 3. The highest BCUT2D eigenvalue weighted by molar-refractivity contribution is 5.95. The Labute approximate surface area is 114 Å². The molecule has 1 saturated carbocycles. The lowest BCUT2D eigenvalue weighted by atomic mass is 9.95. The molecule has 104 valence electrons. The Morgan fingerprint density at radius 1 is 1.05 bits per heavy atom.